The lowest BCUT2D eigenvalue weighted by molar-refractivity contribution is -0.171. The van der Waals surface area contributed by atoms with E-state index in [1.165, 1.54) is 12.8 Å². The Balaban J connectivity index is 4.66. The van der Waals surface area contributed by atoms with Gasteiger partial charge in [-0.1, -0.05) is 78.1 Å². The van der Waals surface area contributed by atoms with Gasteiger partial charge in [-0.3, -0.25) is 9.59 Å². The lowest BCUT2D eigenvalue weighted by Gasteiger charge is -2.22. The van der Waals surface area contributed by atoms with Crippen LogP contribution in [0, 0.1) is 5.92 Å². The fraction of sp³-hybridized carbons (Fsp3) is 0.850. The summed E-state index contributed by atoms with van der Waals surface area (Å²) in [5.74, 6) is -3.87. The molecular weight excluding hydrogens is 336 g/mol. The standard InChI is InChI=1S/C20H36O6/c1-3-5-7-9-11-16(12-10-8-6-4-2)13-14-17(21)20(26,19(24)25)15-18(22)23/h16,26H,3-15H2,1-2H3,(H,22,23)(H,24,25). The van der Waals surface area contributed by atoms with Gasteiger partial charge in [0.15, 0.2) is 5.78 Å². The van der Waals surface area contributed by atoms with Gasteiger partial charge in [-0.25, -0.2) is 4.79 Å². The van der Waals surface area contributed by atoms with Crippen LogP contribution in [0.2, 0.25) is 0 Å². The van der Waals surface area contributed by atoms with Crippen LogP contribution < -0.4 is 0 Å². The molecule has 0 aromatic carbocycles. The van der Waals surface area contributed by atoms with Crippen LogP contribution in [0.4, 0.5) is 0 Å². The molecular formula is C20H36O6. The predicted octanol–water partition coefficient (Wildman–Crippen LogP) is 4.18. The van der Waals surface area contributed by atoms with Gasteiger partial charge in [0.1, 0.15) is 0 Å². The minimum atomic E-state index is -2.82. The van der Waals surface area contributed by atoms with E-state index in [0.717, 1.165) is 51.4 Å². The molecule has 152 valence electrons. The summed E-state index contributed by atoms with van der Waals surface area (Å²) in [7, 11) is 0. The van der Waals surface area contributed by atoms with E-state index >= 15 is 0 Å². The Morgan fingerprint density at radius 1 is 0.808 bits per heavy atom. The maximum absolute atomic E-state index is 12.2. The zero-order valence-electron chi connectivity index (χ0n) is 16.3. The third-order valence-corrected chi connectivity index (χ3v) is 4.93. The fourth-order valence-corrected chi connectivity index (χ4v) is 3.21. The zero-order chi connectivity index (χ0) is 20.0. The lowest BCUT2D eigenvalue weighted by Crippen LogP contribution is -2.48. The Kier molecular flexibility index (Phi) is 13.0. The van der Waals surface area contributed by atoms with Gasteiger partial charge in [-0.2, -0.15) is 0 Å². The number of carboxylic acid groups (broad SMARTS) is 2. The number of ketones is 1. The molecule has 0 aliphatic heterocycles. The fourth-order valence-electron chi connectivity index (χ4n) is 3.21. The zero-order valence-corrected chi connectivity index (χ0v) is 16.3. The molecule has 0 saturated heterocycles. The number of aliphatic carboxylic acids is 2. The topological polar surface area (TPSA) is 112 Å². The van der Waals surface area contributed by atoms with Gasteiger partial charge in [-0.05, 0) is 12.3 Å². The van der Waals surface area contributed by atoms with E-state index in [-0.39, 0.29) is 6.42 Å². The number of hydrogen-bond acceptors (Lipinski definition) is 4. The van der Waals surface area contributed by atoms with Crippen molar-refractivity contribution in [2.45, 2.75) is 103 Å². The SMILES string of the molecule is CCCCCCC(CCCCCC)CCC(=O)C(O)(CC(=O)O)C(=O)O. The van der Waals surface area contributed by atoms with Crippen molar-refractivity contribution in [3.63, 3.8) is 0 Å². The molecule has 1 atom stereocenters. The summed E-state index contributed by atoms with van der Waals surface area (Å²) in [5.41, 5.74) is -2.82. The number of hydrogen-bond donors (Lipinski definition) is 3. The third-order valence-electron chi connectivity index (χ3n) is 4.93. The van der Waals surface area contributed by atoms with Gasteiger partial charge in [0.2, 0.25) is 5.60 Å². The molecule has 0 aliphatic rings. The summed E-state index contributed by atoms with van der Waals surface area (Å²) in [6, 6.07) is 0. The average Bonchev–Trinajstić information content (AvgIpc) is 2.58. The highest BCUT2D eigenvalue weighted by Gasteiger charge is 2.45. The molecule has 0 rings (SSSR count). The highest BCUT2D eigenvalue weighted by atomic mass is 16.4. The number of carboxylic acids is 2. The summed E-state index contributed by atoms with van der Waals surface area (Å²) >= 11 is 0. The van der Waals surface area contributed by atoms with Crippen LogP contribution in [-0.2, 0) is 14.4 Å². The van der Waals surface area contributed by atoms with E-state index < -0.39 is 29.7 Å². The monoisotopic (exact) mass is 372 g/mol. The molecule has 0 aliphatic carbocycles. The first kappa shape index (κ1) is 24.6. The van der Waals surface area contributed by atoms with Gasteiger partial charge in [0.05, 0.1) is 6.42 Å². The summed E-state index contributed by atoms with van der Waals surface area (Å²) in [6.07, 6.45) is 10.4. The Morgan fingerprint density at radius 2 is 1.31 bits per heavy atom. The minimum Gasteiger partial charge on any atom is -0.481 e. The molecule has 26 heavy (non-hydrogen) atoms. The molecule has 0 saturated carbocycles. The second-order valence-electron chi connectivity index (χ2n) is 7.26. The molecule has 1 unspecified atom stereocenters. The van der Waals surface area contributed by atoms with Crippen LogP contribution in [0.1, 0.15) is 97.3 Å². The average molecular weight is 373 g/mol. The maximum Gasteiger partial charge on any atom is 0.344 e. The summed E-state index contributed by atoms with van der Waals surface area (Å²) in [4.78, 5) is 34.2. The second kappa shape index (κ2) is 13.7. The number of carbonyl (C=O) groups is 3. The van der Waals surface area contributed by atoms with Crippen LogP contribution in [0.15, 0.2) is 0 Å². The van der Waals surface area contributed by atoms with Crippen molar-refractivity contribution in [3.8, 4) is 0 Å². The van der Waals surface area contributed by atoms with Gasteiger partial charge in [0, 0.05) is 6.42 Å². The van der Waals surface area contributed by atoms with Crippen molar-refractivity contribution in [1.29, 1.82) is 0 Å². The van der Waals surface area contributed by atoms with Gasteiger partial charge < -0.3 is 15.3 Å². The van der Waals surface area contributed by atoms with Crippen LogP contribution in [0.5, 0.6) is 0 Å². The first-order valence-corrected chi connectivity index (χ1v) is 9.98. The molecule has 0 bridgehead atoms. The Hall–Kier alpha value is -1.43. The van der Waals surface area contributed by atoms with Crippen molar-refractivity contribution < 1.29 is 29.7 Å². The third kappa shape index (κ3) is 9.90. The molecule has 0 heterocycles. The smallest absolute Gasteiger partial charge is 0.344 e. The maximum atomic E-state index is 12.2. The predicted molar refractivity (Wildman–Crippen MR) is 100 cm³/mol. The molecule has 0 amide bonds. The summed E-state index contributed by atoms with van der Waals surface area (Å²) < 4.78 is 0. The molecule has 3 N–H and O–H groups in total. The summed E-state index contributed by atoms with van der Waals surface area (Å²) in [6.45, 7) is 4.30. The first-order chi connectivity index (χ1) is 12.3. The van der Waals surface area contributed by atoms with Crippen molar-refractivity contribution >= 4 is 17.7 Å². The Morgan fingerprint density at radius 3 is 1.69 bits per heavy atom. The molecule has 0 spiro atoms. The first-order valence-electron chi connectivity index (χ1n) is 9.98. The normalized spacial score (nSPS) is 13.5. The van der Waals surface area contributed by atoms with E-state index in [0.29, 0.717) is 12.3 Å². The van der Waals surface area contributed by atoms with E-state index in [1.807, 2.05) is 0 Å². The number of unbranched alkanes of at least 4 members (excludes halogenated alkanes) is 6. The van der Waals surface area contributed by atoms with Crippen LogP contribution in [0.3, 0.4) is 0 Å². The van der Waals surface area contributed by atoms with Crippen molar-refractivity contribution in [3.05, 3.63) is 0 Å². The van der Waals surface area contributed by atoms with E-state index in [9.17, 15) is 19.5 Å². The molecule has 0 radical (unpaired) electrons. The molecule has 0 fully saturated rings. The molecule has 0 aromatic heterocycles. The largest absolute Gasteiger partial charge is 0.481 e. The molecule has 6 nitrogen and oxygen atoms in total. The van der Waals surface area contributed by atoms with Gasteiger partial charge in [-0.15, -0.1) is 0 Å². The Labute approximate surface area is 157 Å². The highest BCUT2D eigenvalue weighted by Crippen LogP contribution is 2.25. The lowest BCUT2D eigenvalue weighted by atomic mass is 9.85. The van der Waals surface area contributed by atoms with E-state index in [2.05, 4.69) is 13.8 Å². The van der Waals surface area contributed by atoms with Gasteiger partial charge in [0.25, 0.3) is 0 Å². The summed E-state index contributed by atoms with van der Waals surface area (Å²) in [5, 5.41) is 27.9. The number of Topliss-reactive ketones (excluding diaryl/α,β-unsaturated/α-hetero) is 1. The second-order valence-corrected chi connectivity index (χ2v) is 7.26. The quantitative estimate of drug-likeness (QED) is 0.261. The van der Waals surface area contributed by atoms with Crippen LogP contribution in [0.25, 0.3) is 0 Å². The van der Waals surface area contributed by atoms with E-state index in [1.54, 1.807) is 0 Å². The minimum absolute atomic E-state index is 0.0949. The van der Waals surface area contributed by atoms with Gasteiger partial charge >= 0.3 is 11.9 Å². The highest BCUT2D eigenvalue weighted by molar-refractivity contribution is 6.08. The van der Waals surface area contributed by atoms with Crippen LogP contribution in [-0.4, -0.2) is 38.6 Å². The van der Waals surface area contributed by atoms with Crippen LogP contribution >= 0.6 is 0 Å². The number of carbonyl (C=O) groups excluding carboxylic acids is 1. The van der Waals surface area contributed by atoms with Crippen molar-refractivity contribution in [1.82, 2.24) is 0 Å². The van der Waals surface area contributed by atoms with Crippen molar-refractivity contribution in [2.75, 3.05) is 0 Å². The molecule has 6 heteroatoms. The van der Waals surface area contributed by atoms with E-state index in [4.69, 9.17) is 10.2 Å². The Bertz CT molecular complexity index is 422. The van der Waals surface area contributed by atoms with Crippen molar-refractivity contribution in [2.24, 2.45) is 5.92 Å². The molecule has 0 aromatic rings. The number of aliphatic hydroxyl groups is 1. The number of rotatable bonds is 17.